The van der Waals surface area contributed by atoms with Crippen molar-refractivity contribution in [3.63, 3.8) is 0 Å². The SMILES string of the molecule is CCNCc1ccc(COc2ccc3c(c2)CCC3)s1. The molecule has 0 atom stereocenters. The molecule has 3 rings (SSSR count). The van der Waals surface area contributed by atoms with Crippen LogP contribution in [0.4, 0.5) is 0 Å². The first kappa shape index (κ1) is 13.7. The van der Waals surface area contributed by atoms with Gasteiger partial charge in [-0.1, -0.05) is 13.0 Å². The molecule has 2 aromatic rings. The number of hydrogen-bond donors (Lipinski definition) is 1. The van der Waals surface area contributed by atoms with Crippen LogP contribution in [0.2, 0.25) is 0 Å². The molecule has 0 unspecified atom stereocenters. The zero-order valence-electron chi connectivity index (χ0n) is 11.9. The third-order valence-electron chi connectivity index (χ3n) is 3.72. The second-order valence-corrected chi connectivity index (χ2v) is 6.47. The first-order valence-corrected chi connectivity index (χ1v) is 8.19. The smallest absolute Gasteiger partial charge is 0.122 e. The van der Waals surface area contributed by atoms with Crippen LogP contribution in [0, 0.1) is 0 Å². The summed E-state index contributed by atoms with van der Waals surface area (Å²) >= 11 is 1.83. The molecule has 0 aliphatic heterocycles. The molecule has 1 aliphatic carbocycles. The predicted octanol–water partition coefficient (Wildman–Crippen LogP) is 3.93. The van der Waals surface area contributed by atoms with Gasteiger partial charge in [-0.15, -0.1) is 11.3 Å². The summed E-state index contributed by atoms with van der Waals surface area (Å²) in [5.74, 6) is 1.01. The topological polar surface area (TPSA) is 21.3 Å². The lowest BCUT2D eigenvalue weighted by Crippen LogP contribution is -2.10. The van der Waals surface area contributed by atoms with Gasteiger partial charge < -0.3 is 10.1 Å². The van der Waals surface area contributed by atoms with Crippen molar-refractivity contribution in [2.45, 2.75) is 39.3 Å². The van der Waals surface area contributed by atoms with Gasteiger partial charge in [-0.3, -0.25) is 0 Å². The van der Waals surface area contributed by atoms with Crippen LogP contribution in [0.5, 0.6) is 5.75 Å². The van der Waals surface area contributed by atoms with Gasteiger partial charge in [0.05, 0.1) is 0 Å². The van der Waals surface area contributed by atoms with Crippen LogP contribution >= 0.6 is 11.3 Å². The van der Waals surface area contributed by atoms with Gasteiger partial charge in [-0.2, -0.15) is 0 Å². The monoisotopic (exact) mass is 287 g/mol. The highest BCUT2D eigenvalue weighted by atomic mass is 32.1. The number of fused-ring (bicyclic) bond motifs is 1. The van der Waals surface area contributed by atoms with E-state index in [4.69, 9.17) is 4.74 Å². The Kier molecular flexibility index (Phi) is 4.38. The molecule has 0 saturated heterocycles. The Morgan fingerprint density at radius 1 is 1.10 bits per heavy atom. The summed E-state index contributed by atoms with van der Waals surface area (Å²) in [6.45, 7) is 4.78. The van der Waals surface area contributed by atoms with Gasteiger partial charge in [-0.25, -0.2) is 0 Å². The molecule has 0 bridgehead atoms. The Morgan fingerprint density at radius 2 is 1.95 bits per heavy atom. The number of ether oxygens (including phenoxy) is 1. The first-order valence-electron chi connectivity index (χ1n) is 7.38. The lowest BCUT2D eigenvalue weighted by atomic mass is 10.1. The molecule has 2 nitrogen and oxygen atoms in total. The third kappa shape index (κ3) is 3.22. The fourth-order valence-corrected chi connectivity index (χ4v) is 3.54. The van der Waals surface area contributed by atoms with Crippen LogP contribution in [-0.2, 0) is 26.0 Å². The predicted molar refractivity (Wildman–Crippen MR) is 84.5 cm³/mol. The standard InChI is InChI=1S/C17H21NOS/c1-2-18-11-16-8-9-17(20-16)12-19-15-7-6-13-4-3-5-14(13)10-15/h6-10,18H,2-5,11-12H2,1H3. The van der Waals surface area contributed by atoms with E-state index in [-0.39, 0.29) is 0 Å². The number of thiophene rings is 1. The number of nitrogens with one attached hydrogen (secondary N) is 1. The highest BCUT2D eigenvalue weighted by molar-refractivity contribution is 7.11. The summed E-state index contributed by atoms with van der Waals surface area (Å²) in [6.07, 6.45) is 3.73. The molecule has 1 N–H and O–H groups in total. The first-order chi connectivity index (χ1) is 9.85. The minimum absolute atomic E-state index is 0.676. The third-order valence-corrected chi connectivity index (χ3v) is 4.78. The number of rotatable bonds is 6. The zero-order chi connectivity index (χ0) is 13.8. The molecular formula is C17H21NOS. The normalized spacial score (nSPS) is 13.4. The maximum absolute atomic E-state index is 5.93. The van der Waals surface area contributed by atoms with Crippen molar-refractivity contribution in [3.05, 3.63) is 51.2 Å². The molecule has 1 aromatic heterocycles. The van der Waals surface area contributed by atoms with Crippen LogP contribution in [0.25, 0.3) is 0 Å². The highest BCUT2D eigenvalue weighted by Crippen LogP contribution is 2.27. The van der Waals surface area contributed by atoms with Crippen molar-refractivity contribution in [2.75, 3.05) is 6.54 Å². The van der Waals surface area contributed by atoms with Crippen LogP contribution in [-0.4, -0.2) is 6.54 Å². The Labute approximate surface area is 124 Å². The summed E-state index contributed by atoms with van der Waals surface area (Å²) in [4.78, 5) is 2.66. The molecule has 20 heavy (non-hydrogen) atoms. The summed E-state index contributed by atoms with van der Waals surface area (Å²) in [6, 6.07) is 10.9. The summed E-state index contributed by atoms with van der Waals surface area (Å²) in [7, 11) is 0. The molecule has 1 aliphatic rings. The molecule has 0 saturated carbocycles. The Morgan fingerprint density at radius 3 is 2.85 bits per heavy atom. The van der Waals surface area contributed by atoms with E-state index < -0.39 is 0 Å². The van der Waals surface area contributed by atoms with E-state index in [0.29, 0.717) is 6.61 Å². The van der Waals surface area contributed by atoms with Gasteiger partial charge in [0, 0.05) is 16.3 Å². The van der Waals surface area contributed by atoms with Crippen LogP contribution in [0.1, 0.15) is 34.2 Å². The van der Waals surface area contributed by atoms with Crippen molar-refractivity contribution in [1.82, 2.24) is 5.32 Å². The van der Waals surface area contributed by atoms with Crippen molar-refractivity contribution in [2.24, 2.45) is 0 Å². The fraction of sp³-hybridized carbons (Fsp3) is 0.412. The number of hydrogen-bond acceptors (Lipinski definition) is 3. The largest absolute Gasteiger partial charge is 0.488 e. The molecule has 0 radical (unpaired) electrons. The maximum atomic E-state index is 5.93. The van der Waals surface area contributed by atoms with Gasteiger partial charge >= 0.3 is 0 Å². The minimum atomic E-state index is 0.676. The van der Waals surface area contributed by atoms with E-state index >= 15 is 0 Å². The van der Waals surface area contributed by atoms with E-state index in [9.17, 15) is 0 Å². The van der Waals surface area contributed by atoms with E-state index in [2.05, 4.69) is 42.6 Å². The molecule has 0 fully saturated rings. The summed E-state index contributed by atoms with van der Waals surface area (Å²) < 4.78 is 5.93. The molecule has 0 amide bonds. The quantitative estimate of drug-likeness (QED) is 0.869. The van der Waals surface area contributed by atoms with Crippen molar-refractivity contribution in [1.29, 1.82) is 0 Å². The van der Waals surface area contributed by atoms with E-state index in [1.165, 1.54) is 40.1 Å². The van der Waals surface area contributed by atoms with E-state index in [0.717, 1.165) is 18.8 Å². The molecule has 0 spiro atoms. The van der Waals surface area contributed by atoms with Gasteiger partial charge in [0.15, 0.2) is 0 Å². The Balaban J connectivity index is 1.57. The second-order valence-electron chi connectivity index (χ2n) is 5.22. The van der Waals surface area contributed by atoms with Gasteiger partial charge in [0.25, 0.3) is 0 Å². The van der Waals surface area contributed by atoms with Gasteiger partial charge in [0.2, 0.25) is 0 Å². The number of benzene rings is 1. The molecule has 3 heteroatoms. The lowest BCUT2D eigenvalue weighted by molar-refractivity contribution is 0.309. The average molecular weight is 287 g/mol. The average Bonchev–Trinajstić information content (AvgIpc) is 3.11. The zero-order valence-corrected chi connectivity index (χ0v) is 12.8. The summed E-state index contributed by atoms with van der Waals surface area (Å²) in [5.41, 5.74) is 2.97. The fourth-order valence-electron chi connectivity index (χ4n) is 2.64. The Hall–Kier alpha value is -1.32. The van der Waals surface area contributed by atoms with Crippen molar-refractivity contribution >= 4 is 11.3 Å². The van der Waals surface area contributed by atoms with Gasteiger partial charge in [-0.05, 0) is 61.2 Å². The Bertz CT molecular complexity index is 576. The van der Waals surface area contributed by atoms with Crippen molar-refractivity contribution in [3.8, 4) is 5.75 Å². The van der Waals surface area contributed by atoms with Crippen LogP contribution in [0.3, 0.4) is 0 Å². The molecule has 106 valence electrons. The van der Waals surface area contributed by atoms with Crippen molar-refractivity contribution < 1.29 is 4.74 Å². The highest BCUT2D eigenvalue weighted by Gasteiger charge is 2.11. The molecular weight excluding hydrogens is 266 g/mol. The van der Waals surface area contributed by atoms with Crippen LogP contribution in [0.15, 0.2) is 30.3 Å². The van der Waals surface area contributed by atoms with Gasteiger partial charge in [0.1, 0.15) is 12.4 Å². The molecule has 1 aromatic carbocycles. The molecule has 1 heterocycles. The minimum Gasteiger partial charge on any atom is -0.488 e. The summed E-state index contributed by atoms with van der Waals surface area (Å²) in [5, 5.41) is 3.35. The number of aryl methyl sites for hydroxylation is 2. The van der Waals surface area contributed by atoms with E-state index in [1.807, 2.05) is 11.3 Å². The lowest BCUT2D eigenvalue weighted by Gasteiger charge is -2.07. The van der Waals surface area contributed by atoms with E-state index in [1.54, 1.807) is 0 Å². The van der Waals surface area contributed by atoms with Crippen LogP contribution < -0.4 is 10.1 Å². The second kappa shape index (κ2) is 6.42. The maximum Gasteiger partial charge on any atom is 0.122 e.